The summed E-state index contributed by atoms with van der Waals surface area (Å²) >= 11 is 0. The highest BCUT2D eigenvalue weighted by Gasteiger charge is 2.06. The molecule has 2 aromatic rings. The number of hydrogen-bond acceptors (Lipinski definition) is 3. The first-order valence-electron chi connectivity index (χ1n) is 5.12. The molecule has 3 nitrogen and oxygen atoms in total. The molecule has 1 heterocycles. The molecule has 2 rings (SSSR count). The van der Waals surface area contributed by atoms with Crippen LogP contribution < -0.4 is 0 Å². The molecule has 0 amide bonds. The van der Waals surface area contributed by atoms with Gasteiger partial charge >= 0.3 is 0 Å². The second kappa shape index (κ2) is 4.90. The highest BCUT2D eigenvalue weighted by Crippen LogP contribution is 2.19. The minimum atomic E-state index is -0.271. The van der Waals surface area contributed by atoms with Crippen LogP contribution in [0.15, 0.2) is 34.9 Å². The lowest BCUT2D eigenvalue weighted by molar-refractivity contribution is 0.280. The first-order chi connectivity index (χ1) is 7.79. The quantitative estimate of drug-likeness (QED) is 0.862. The average Bonchev–Trinajstić information content (AvgIpc) is 2.76. The molecule has 1 aromatic carbocycles. The third-order valence-electron chi connectivity index (χ3n) is 2.28. The molecule has 0 aliphatic heterocycles. The van der Waals surface area contributed by atoms with E-state index in [1.165, 1.54) is 12.1 Å². The van der Waals surface area contributed by atoms with Crippen LogP contribution in [0.25, 0.3) is 11.3 Å². The lowest BCUT2D eigenvalue weighted by atomic mass is 10.1. The number of benzene rings is 1. The van der Waals surface area contributed by atoms with Crippen molar-refractivity contribution in [2.75, 3.05) is 6.61 Å². The molecule has 0 saturated heterocycles. The van der Waals surface area contributed by atoms with Crippen LogP contribution in [0.1, 0.15) is 12.2 Å². The summed E-state index contributed by atoms with van der Waals surface area (Å²) in [4.78, 5) is 0. The van der Waals surface area contributed by atoms with Crippen LogP contribution in [-0.2, 0) is 6.42 Å². The van der Waals surface area contributed by atoms with Gasteiger partial charge in [-0.3, -0.25) is 0 Å². The SMILES string of the molecule is OCCCc1cc(-c2ccc(F)cc2)no1. The Bertz CT molecular complexity index is 450. The van der Waals surface area contributed by atoms with Crippen molar-refractivity contribution >= 4 is 0 Å². The number of hydrogen-bond donors (Lipinski definition) is 1. The lowest BCUT2D eigenvalue weighted by Gasteiger charge is -1.93. The zero-order valence-corrected chi connectivity index (χ0v) is 8.69. The van der Waals surface area contributed by atoms with Crippen molar-refractivity contribution in [1.29, 1.82) is 0 Å². The molecule has 1 N–H and O–H groups in total. The molecule has 16 heavy (non-hydrogen) atoms. The zero-order valence-electron chi connectivity index (χ0n) is 8.69. The van der Waals surface area contributed by atoms with E-state index >= 15 is 0 Å². The molecule has 0 unspecified atom stereocenters. The summed E-state index contributed by atoms with van der Waals surface area (Å²) in [5, 5.41) is 12.6. The predicted molar refractivity (Wildman–Crippen MR) is 57.3 cm³/mol. The normalized spacial score (nSPS) is 10.6. The Balaban J connectivity index is 2.15. The van der Waals surface area contributed by atoms with Crippen molar-refractivity contribution in [2.45, 2.75) is 12.8 Å². The Hall–Kier alpha value is -1.68. The molecule has 0 atom stereocenters. The molecule has 0 spiro atoms. The van der Waals surface area contributed by atoms with Crippen molar-refractivity contribution in [3.8, 4) is 11.3 Å². The van der Waals surface area contributed by atoms with Crippen LogP contribution in [0, 0.1) is 5.82 Å². The fourth-order valence-electron chi connectivity index (χ4n) is 1.44. The summed E-state index contributed by atoms with van der Waals surface area (Å²) in [5.74, 6) is 0.459. The van der Waals surface area contributed by atoms with Crippen LogP contribution in [0.5, 0.6) is 0 Å². The Labute approximate surface area is 92.5 Å². The summed E-state index contributed by atoms with van der Waals surface area (Å²) in [7, 11) is 0. The van der Waals surface area contributed by atoms with Gasteiger partial charge in [-0.05, 0) is 30.7 Å². The highest BCUT2D eigenvalue weighted by atomic mass is 19.1. The Morgan fingerprint density at radius 2 is 2.00 bits per heavy atom. The topological polar surface area (TPSA) is 46.3 Å². The minimum Gasteiger partial charge on any atom is -0.396 e. The second-order valence-electron chi connectivity index (χ2n) is 3.51. The van der Waals surface area contributed by atoms with Gasteiger partial charge in [-0.25, -0.2) is 4.39 Å². The summed E-state index contributed by atoms with van der Waals surface area (Å²) in [6.07, 6.45) is 1.31. The van der Waals surface area contributed by atoms with E-state index in [0.717, 1.165) is 11.3 Å². The molecule has 0 radical (unpaired) electrons. The summed E-state index contributed by atoms with van der Waals surface area (Å²) in [6, 6.07) is 7.89. The van der Waals surface area contributed by atoms with Gasteiger partial charge in [0.2, 0.25) is 0 Å². The maximum absolute atomic E-state index is 12.7. The Morgan fingerprint density at radius 1 is 1.25 bits per heavy atom. The van der Waals surface area contributed by atoms with Gasteiger partial charge in [0.05, 0.1) is 0 Å². The summed E-state index contributed by atoms with van der Waals surface area (Å²) < 4.78 is 17.8. The van der Waals surface area contributed by atoms with E-state index < -0.39 is 0 Å². The third-order valence-corrected chi connectivity index (χ3v) is 2.28. The van der Waals surface area contributed by atoms with Gasteiger partial charge in [-0.15, -0.1) is 0 Å². The van der Waals surface area contributed by atoms with Crippen molar-refractivity contribution in [1.82, 2.24) is 5.16 Å². The van der Waals surface area contributed by atoms with Crippen LogP contribution >= 0.6 is 0 Å². The molecule has 0 aliphatic carbocycles. The maximum atomic E-state index is 12.7. The number of aliphatic hydroxyl groups excluding tert-OH is 1. The second-order valence-corrected chi connectivity index (χ2v) is 3.51. The van der Waals surface area contributed by atoms with Crippen LogP contribution in [0.2, 0.25) is 0 Å². The molecular formula is C12H12FNO2. The number of rotatable bonds is 4. The van der Waals surface area contributed by atoms with Gasteiger partial charge in [-0.2, -0.15) is 0 Å². The van der Waals surface area contributed by atoms with Crippen LogP contribution in [0.3, 0.4) is 0 Å². The van der Waals surface area contributed by atoms with E-state index in [2.05, 4.69) is 5.16 Å². The smallest absolute Gasteiger partial charge is 0.137 e. The molecule has 0 saturated carbocycles. The number of nitrogens with zero attached hydrogens (tertiary/aromatic N) is 1. The van der Waals surface area contributed by atoms with Gasteiger partial charge < -0.3 is 9.63 Å². The lowest BCUT2D eigenvalue weighted by Crippen LogP contribution is -1.86. The number of halogens is 1. The minimum absolute atomic E-state index is 0.132. The van der Waals surface area contributed by atoms with Crippen molar-refractivity contribution < 1.29 is 14.0 Å². The molecule has 84 valence electrons. The number of aryl methyl sites for hydroxylation is 1. The fraction of sp³-hybridized carbons (Fsp3) is 0.250. The molecule has 0 fully saturated rings. The zero-order chi connectivity index (χ0) is 11.4. The van der Waals surface area contributed by atoms with Crippen molar-refractivity contribution in [2.24, 2.45) is 0 Å². The Morgan fingerprint density at radius 3 is 2.69 bits per heavy atom. The first kappa shape index (κ1) is 10.8. The average molecular weight is 221 g/mol. The maximum Gasteiger partial charge on any atom is 0.137 e. The molecule has 1 aromatic heterocycles. The standard InChI is InChI=1S/C12H12FNO2/c13-10-5-3-9(4-6-10)12-8-11(16-14-12)2-1-7-15/h3-6,8,15H,1-2,7H2. The van der Waals surface area contributed by atoms with Gasteiger partial charge in [0.15, 0.2) is 0 Å². The number of aromatic nitrogens is 1. The monoisotopic (exact) mass is 221 g/mol. The third kappa shape index (κ3) is 2.46. The predicted octanol–water partition coefficient (Wildman–Crippen LogP) is 2.41. The van der Waals surface area contributed by atoms with E-state index in [1.54, 1.807) is 12.1 Å². The first-order valence-corrected chi connectivity index (χ1v) is 5.12. The summed E-state index contributed by atoms with van der Waals surface area (Å²) in [5.41, 5.74) is 1.51. The number of aliphatic hydroxyl groups is 1. The van der Waals surface area contributed by atoms with Gasteiger partial charge in [0.25, 0.3) is 0 Å². The molecule has 4 heteroatoms. The molecular weight excluding hydrogens is 209 g/mol. The van der Waals surface area contributed by atoms with E-state index in [4.69, 9.17) is 9.63 Å². The Kier molecular flexibility index (Phi) is 3.31. The van der Waals surface area contributed by atoms with E-state index in [-0.39, 0.29) is 12.4 Å². The van der Waals surface area contributed by atoms with E-state index in [1.807, 2.05) is 6.07 Å². The fourth-order valence-corrected chi connectivity index (χ4v) is 1.44. The van der Waals surface area contributed by atoms with Crippen molar-refractivity contribution in [3.63, 3.8) is 0 Å². The van der Waals surface area contributed by atoms with E-state index in [0.29, 0.717) is 18.5 Å². The van der Waals surface area contributed by atoms with Crippen LogP contribution in [-0.4, -0.2) is 16.9 Å². The highest BCUT2D eigenvalue weighted by molar-refractivity contribution is 5.58. The van der Waals surface area contributed by atoms with E-state index in [9.17, 15) is 4.39 Å². The largest absolute Gasteiger partial charge is 0.396 e. The summed E-state index contributed by atoms with van der Waals surface area (Å²) in [6.45, 7) is 0.132. The molecule has 0 bridgehead atoms. The van der Waals surface area contributed by atoms with Gasteiger partial charge in [0.1, 0.15) is 17.3 Å². The van der Waals surface area contributed by atoms with Gasteiger partial charge in [0, 0.05) is 24.7 Å². The van der Waals surface area contributed by atoms with Crippen LogP contribution in [0.4, 0.5) is 4.39 Å². The van der Waals surface area contributed by atoms with Crippen molar-refractivity contribution in [3.05, 3.63) is 41.9 Å². The van der Waals surface area contributed by atoms with Gasteiger partial charge in [-0.1, -0.05) is 5.16 Å². The molecule has 0 aliphatic rings.